The highest BCUT2D eigenvalue weighted by Gasteiger charge is 2.24. The Morgan fingerprint density at radius 2 is 1.27 bits per heavy atom. The summed E-state index contributed by atoms with van der Waals surface area (Å²) in [6.45, 7) is 5.72. The molecule has 336 valence electrons. The van der Waals surface area contributed by atoms with Gasteiger partial charge in [-0.05, 0) is 123 Å². The summed E-state index contributed by atoms with van der Waals surface area (Å²) >= 11 is 0. The number of hydrogen-bond acceptors (Lipinski definition) is 2. The maximum absolute atomic E-state index is 9.62. The van der Waals surface area contributed by atoms with Gasteiger partial charge >= 0.3 is 0 Å². The number of hydrogen-bond donors (Lipinski definition) is 0. The number of aromatic nitrogens is 4. The Kier molecular flexibility index (Phi) is 7.91. The zero-order valence-electron chi connectivity index (χ0n) is 50.4. The molecule has 0 aliphatic rings. The van der Waals surface area contributed by atoms with Gasteiger partial charge in [0.2, 0.25) is 0 Å². The van der Waals surface area contributed by atoms with Gasteiger partial charge in [0.05, 0.1) is 47.1 Å². The number of aryl methyl sites for hydroxylation is 1. The number of nitrogens with zero attached hydrogens (tertiary/aromatic N) is 4. The van der Waals surface area contributed by atoms with Crippen molar-refractivity contribution in [2.45, 2.75) is 32.6 Å². The molecule has 0 amide bonds. The third-order valence-corrected chi connectivity index (χ3v) is 12.8. The van der Waals surface area contributed by atoms with Gasteiger partial charge in [0.25, 0.3) is 6.33 Å². The maximum atomic E-state index is 9.62. The van der Waals surface area contributed by atoms with Gasteiger partial charge in [0, 0.05) is 25.8 Å². The van der Waals surface area contributed by atoms with Gasteiger partial charge in [-0.15, -0.1) is 0 Å². The topological polar surface area (TPSA) is 35.9 Å². The molecule has 0 radical (unpaired) electrons. The van der Waals surface area contributed by atoms with Crippen LogP contribution in [0.1, 0.15) is 47.0 Å². The first kappa shape index (κ1) is 31.3. The first-order valence-electron chi connectivity index (χ1n) is 29.0. The third kappa shape index (κ3) is 7.81. The van der Waals surface area contributed by atoms with E-state index in [-0.39, 0.29) is 27.9 Å². The Labute approximate surface area is 425 Å². The SMILES string of the molecule is [2H]c1c([2H])c([2H])c(-c2cccc(-c3c([2H])c([2H])c([2H])c([2H])c3[2H])c2-[n+]2[c-]n(-c3cccc(Oc4ccc5c6cc(-c7ccccc7)ccc6n(-c6cc(C([2H])([2H])C(C)(C)c7ccccc7)ccn6)c5c4)c3)c3cccc(C)c32)c([2H])c1[2H]. The van der Waals surface area contributed by atoms with Crippen molar-refractivity contribution >= 4 is 32.8 Å². The predicted molar refractivity (Wildman–Crippen MR) is 287 cm³/mol. The number of benzene rings is 9. The number of para-hydroxylation sites is 2. The molecule has 12 rings (SSSR count). The summed E-state index contributed by atoms with van der Waals surface area (Å²) < 4.78 is 119. The summed E-state index contributed by atoms with van der Waals surface area (Å²) in [7, 11) is 0. The van der Waals surface area contributed by atoms with Gasteiger partial charge in [-0.3, -0.25) is 13.7 Å². The third-order valence-electron chi connectivity index (χ3n) is 12.8. The lowest BCUT2D eigenvalue weighted by atomic mass is 9.79. The standard InChI is InChI=1S/C65H50N4O/c1-45-19-16-32-60-63(45)68(64-55(48-22-10-5-11-23-48)30-18-31-56(64)49-24-12-6-13-25-49)44-67(60)52-28-17-29-53(41-52)70-54-34-35-57-58-40-50(47-20-8-4-9-21-47)33-36-59(58)69(61(57)42-54)62-39-46(37-38-66-62)43-65(2,3)51-26-14-7-15-27-51/h4-42H,43H2,1-3H3/i5D,6D,10D,11D,12D,13D,22D,23D,24D,25D,43D2. The second-order valence-corrected chi connectivity index (χ2v) is 17.6. The Morgan fingerprint density at radius 1 is 0.586 bits per heavy atom. The van der Waals surface area contributed by atoms with Crippen molar-refractivity contribution in [3.8, 4) is 62.1 Å². The Balaban J connectivity index is 1.01. The second-order valence-electron chi connectivity index (χ2n) is 17.6. The molecule has 0 spiro atoms. The highest BCUT2D eigenvalue weighted by atomic mass is 16.5. The van der Waals surface area contributed by atoms with Crippen LogP contribution >= 0.6 is 0 Å². The van der Waals surface area contributed by atoms with Crippen LogP contribution in [0.15, 0.2) is 236 Å². The summed E-state index contributed by atoms with van der Waals surface area (Å²) in [6.07, 6.45) is 3.32. The molecule has 0 aliphatic heterocycles. The van der Waals surface area contributed by atoms with Crippen LogP contribution in [-0.4, -0.2) is 14.1 Å². The van der Waals surface area contributed by atoms with Crippen LogP contribution < -0.4 is 9.30 Å². The average Bonchev–Trinajstić information content (AvgIpc) is 3.93. The quantitative estimate of drug-likeness (QED) is 0.0957. The smallest absolute Gasteiger partial charge is 0.269 e. The van der Waals surface area contributed by atoms with Crippen molar-refractivity contribution in [3.63, 3.8) is 0 Å². The van der Waals surface area contributed by atoms with Crippen molar-refractivity contribution in [1.82, 2.24) is 14.1 Å². The van der Waals surface area contributed by atoms with E-state index in [1.54, 1.807) is 39.6 Å². The molecule has 0 atom stereocenters. The van der Waals surface area contributed by atoms with E-state index in [4.69, 9.17) is 23.4 Å². The van der Waals surface area contributed by atoms with Gasteiger partial charge in [0.1, 0.15) is 17.3 Å². The van der Waals surface area contributed by atoms with Crippen molar-refractivity contribution in [3.05, 3.63) is 259 Å². The molecule has 0 unspecified atom stereocenters. The molecule has 0 fully saturated rings. The van der Waals surface area contributed by atoms with Crippen LogP contribution in [0.2, 0.25) is 0 Å². The maximum Gasteiger partial charge on any atom is 0.269 e. The van der Waals surface area contributed by atoms with Gasteiger partial charge in [0.15, 0.2) is 0 Å². The van der Waals surface area contributed by atoms with Crippen molar-refractivity contribution in [2.75, 3.05) is 0 Å². The summed E-state index contributed by atoms with van der Waals surface area (Å²) in [5.41, 5.74) is 6.85. The number of fused-ring (bicyclic) bond motifs is 4. The van der Waals surface area contributed by atoms with Crippen LogP contribution in [0, 0.1) is 13.3 Å². The lowest BCUT2D eigenvalue weighted by Gasteiger charge is -2.25. The highest BCUT2D eigenvalue weighted by Crippen LogP contribution is 2.39. The van der Waals surface area contributed by atoms with E-state index in [0.29, 0.717) is 39.6 Å². The first-order valence-corrected chi connectivity index (χ1v) is 23.0. The highest BCUT2D eigenvalue weighted by molar-refractivity contribution is 6.10. The Morgan fingerprint density at radius 3 is 2.01 bits per heavy atom. The van der Waals surface area contributed by atoms with E-state index < -0.39 is 72.2 Å². The summed E-state index contributed by atoms with van der Waals surface area (Å²) in [6, 6.07) is 48.0. The molecule has 0 saturated heterocycles. The minimum absolute atomic E-state index is 0.141. The van der Waals surface area contributed by atoms with Crippen molar-refractivity contribution in [1.29, 1.82) is 0 Å². The number of pyridine rings is 1. The van der Waals surface area contributed by atoms with Gasteiger partial charge < -0.3 is 4.74 Å². The van der Waals surface area contributed by atoms with Crippen LogP contribution in [0.25, 0.3) is 83.4 Å². The molecule has 0 N–H and O–H groups in total. The van der Waals surface area contributed by atoms with Gasteiger partial charge in [-0.1, -0.05) is 183 Å². The molecule has 0 saturated carbocycles. The normalized spacial score (nSPS) is 14.3. The summed E-state index contributed by atoms with van der Waals surface area (Å²) in [4.78, 5) is 4.89. The van der Waals surface area contributed by atoms with E-state index in [9.17, 15) is 2.74 Å². The van der Waals surface area contributed by atoms with Crippen molar-refractivity contribution < 1.29 is 25.8 Å². The summed E-state index contributed by atoms with van der Waals surface area (Å²) in [5.74, 6) is 1.48. The Bertz CT molecular complexity index is 4430. The molecular formula is C65H50N4O. The van der Waals surface area contributed by atoms with Gasteiger partial charge in [-0.25, -0.2) is 4.98 Å². The van der Waals surface area contributed by atoms with Crippen LogP contribution in [0.3, 0.4) is 0 Å². The average molecular weight is 915 g/mol. The molecule has 3 heterocycles. The van der Waals surface area contributed by atoms with E-state index >= 15 is 0 Å². The molecule has 70 heavy (non-hydrogen) atoms. The fraction of sp³-hybridized carbons (Fsp3) is 0.0769. The molecule has 12 aromatic rings. The molecule has 5 heteroatoms. The first-order chi connectivity index (χ1) is 39.3. The second kappa shape index (κ2) is 17.7. The van der Waals surface area contributed by atoms with Gasteiger partial charge in [-0.2, -0.15) is 0 Å². The van der Waals surface area contributed by atoms with E-state index in [2.05, 4.69) is 36.7 Å². The monoisotopic (exact) mass is 914 g/mol. The molecule has 0 aliphatic carbocycles. The lowest BCUT2D eigenvalue weighted by Crippen LogP contribution is -2.32. The fourth-order valence-electron chi connectivity index (χ4n) is 9.48. The summed E-state index contributed by atoms with van der Waals surface area (Å²) in [5, 5.41) is 1.89. The molecule has 3 aromatic heterocycles. The molecule has 9 aromatic carbocycles. The van der Waals surface area contributed by atoms with Crippen LogP contribution in [0.4, 0.5) is 0 Å². The number of rotatable bonds is 11. The molecular weight excluding hydrogens is 853 g/mol. The largest absolute Gasteiger partial charge is 0.458 e. The predicted octanol–water partition coefficient (Wildman–Crippen LogP) is 15.8. The lowest BCUT2D eigenvalue weighted by molar-refractivity contribution is -0.571. The number of imidazole rings is 1. The zero-order chi connectivity index (χ0) is 57.7. The van der Waals surface area contributed by atoms with E-state index in [0.717, 1.165) is 44.1 Å². The fourth-order valence-corrected chi connectivity index (χ4v) is 9.48. The minimum atomic E-state index is -1.81. The Hall–Kier alpha value is -8.80. The van der Waals surface area contributed by atoms with Crippen molar-refractivity contribution in [2.24, 2.45) is 0 Å². The van der Waals surface area contributed by atoms with E-state index in [1.807, 2.05) is 141 Å². The van der Waals surface area contributed by atoms with E-state index in [1.165, 1.54) is 0 Å². The molecule has 5 nitrogen and oxygen atoms in total. The van der Waals surface area contributed by atoms with Crippen LogP contribution in [-0.2, 0) is 11.8 Å². The number of ether oxygens (including phenoxy) is 1. The van der Waals surface area contributed by atoms with Crippen LogP contribution in [0.5, 0.6) is 11.5 Å². The molecule has 0 bridgehead atoms. The zero-order valence-corrected chi connectivity index (χ0v) is 38.4. The minimum Gasteiger partial charge on any atom is -0.458 e.